The lowest BCUT2D eigenvalue weighted by Crippen LogP contribution is -2.41. The highest BCUT2D eigenvalue weighted by atomic mass is 16.6. The van der Waals surface area contributed by atoms with Crippen LogP contribution < -0.4 is 14.8 Å². The van der Waals surface area contributed by atoms with Crippen LogP contribution in [-0.4, -0.2) is 30.0 Å². The van der Waals surface area contributed by atoms with Crippen LogP contribution in [0.25, 0.3) is 0 Å². The van der Waals surface area contributed by atoms with Crippen molar-refractivity contribution < 1.29 is 19.1 Å². The maximum absolute atomic E-state index is 13.0. The zero-order valence-corrected chi connectivity index (χ0v) is 17.1. The minimum atomic E-state index is -0.534. The fraction of sp³-hybridized carbons (Fsp3) is 0.571. The van der Waals surface area contributed by atoms with E-state index in [-0.39, 0.29) is 34.2 Å². The summed E-state index contributed by atoms with van der Waals surface area (Å²) in [4.78, 5) is 28.6. The molecule has 1 aromatic heterocycles. The van der Waals surface area contributed by atoms with E-state index in [1.807, 2.05) is 0 Å². The van der Waals surface area contributed by atoms with Crippen molar-refractivity contribution in [1.29, 1.82) is 0 Å². The number of amides is 1. The van der Waals surface area contributed by atoms with E-state index < -0.39 is 5.97 Å². The highest BCUT2D eigenvalue weighted by molar-refractivity contribution is 5.96. The number of carbonyl (C=O) groups is 2. The van der Waals surface area contributed by atoms with Gasteiger partial charge in [0.05, 0.1) is 7.11 Å². The predicted octanol–water partition coefficient (Wildman–Crippen LogP) is 3.91. The van der Waals surface area contributed by atoms with Crippen molar-refractivity contribution in [3.8, 4) is 11.5 Å². The fourth-order valence-corrected chi connectivity index (χ4v) is 3.57. The number of methoxy groups -OCH3 is 1. The summed E-state index contributed by atoms with van der Waals surface area (Å²) in [5.41, 5.74) is 0.109. The van der Waals surface area contributed by atoms with Crippen molar-refractivity contribution in [2.24, 2.45) is 10.8 Å². The summed E-state index contributed by atoms with van der Waals surface area (Å²) in [5.74, 6) is -0.555. The summed E-state index contributed by atoms with van der Waals surface area (Å²) in [6, 6.07) is 1.53. The first-order valence-corrected chi connectivity index (χ1v) is 9.23. The van der Waals surface area contributed by atoms with Gasteiger partial charge in [-0.25, -0.2) is 4.98 Å². The highest BCUT2D eigenvalue weighted by Crippen LogP contribution is 2.37. The molecule has 1 aromatic rings. The molecule has 0 spiro atoms. The van der Waals surface area contributed by atoms with E-state index in [9.17, 15) is 9.59 Å². The van der Waals surface area contributed by atoms with Crippen LogP contribution in [-0.2, 0) is 4.79 Å². The molecule has 148 valence electrons. The van der Waals surface area contributed by atoms with Crippen LogP contribution in [0.15, 0.2) is 24.4 Å². The van der Waals surface area contributed by atoms with Crippen molar-refractivity contribution >= 4 is 11.9 Å². The summed E-state index contributed by atoms with van der Waals surface area (Å²) < 4.78 is 10.4. The van der Waals surface area contributed by atoms with E-state index in [2.05, 4.69) is 50.1 Å². The number of esters is 1. The Hall–Kier alpha value is -2.37. The van der Waals surface area contributed by atoms with Gasteiger partial charge in [0.15, 0.2) is 11.4 Å². The Morgan fingerprint density at radius 1 is 1.22 bits per heavy atom. The molecule has 6 nitrogen and oxygen atoms in total. The van der Waals surface area contributed by atoms with Gasteiger partial charge in [-0.05, 0) is 30.1 Å². The number of pyridine rings is 1. The second kappa shape index (κ2) is 8.11. The topological polar surface area (TPSA) is 77.5 Å². The van der Waals surface area contributed by atoms with Crippen molar-refractivity contribution in [3.05, 3.63) is 30.1 Å². The normalized spacial score (nSPS) is 20.9. The summed E-state index contributed by atoms with van der Waals surface area (Å²) in [6.07, 6.45) is 8.54. The summed E-state index contributed by atoms with van der Waals surface area (Å²) in [7, 11) is 1.45. The highest BCUT2D eigenvalue weighted by Gasteiger charge is 2.31. The molecule has 0 fully saturated rings. The number of aromatic nitrogens is 1. The SMILES string of the molecule is COc1ccnc(C(=O)NC2CC(C)(C)C=CCC(C)(C)C2)c1OC(C)=O. The van der Waals surface area contributed by atoms with Crippen LogP contribution >= 0.6 is 0 Å². The smallest absolute Gasteiger partial charge is 0.308 e. The van der Waals surface area contributed by atoms with Gasteiger partial charge in [-0.2, -0.15) is 0 Å². The van der Waals surface area contributed by atoms with Crippen molar-refractivity contribution in [1.82, 2.24) is 10.3 Å². The second-order valence-corrected chi connectivity index (χ2v) is 8.62. The number of hydrogen-bond acceptors (Lipinski definition) is 5. The lowest BCUT2D eigenvalue weighted by Gasteiger charge is -2.36. The molecule has 1 atom stereocenters. The first-order chi connectivity index (χ1) is 12.5. The maximum atomic E-state index is 13.0. The Morgan fingerprint density at radius 2 is 1.93 bits per heavy atom. The predicted molar refractivity (Wildman–Crippen MR) is 104 cm³/mol. The summed E-state index contributed by atoms with van der Waals surface area (Å²) in [5, 5.41) is 3.10. The molecule has 0 radical (unpaired) electrons. The van der Waals surface area contributed by atoms with Crippen LogP contribution in [0.2, 0.25) is 0 Å². The van der Waals surface area contributed by atoms with Crippen LogP contribution in [0.4, 0.5) is 0 Å². The number of carbonyl (C=O) groups excluding carboxylic acids is 2. The van der Waals surface area contributed by atoms with Gasteiger partial charge in [0.1, 0.15) is 0 Å². The number of nitrogens with one attached hydrogen (secondary N) is 1. The quantitative estimate of drug-likeness (QED) is 0.639. The molecule has 1 aliphatic rings. The first-order valence-electron chi connectivity index (χ1n) is 9.23. The zero-order valence-electron chi connectivity index (χ0n) is 17.1. The fourth-order valence-electron chi connectivity index (χ4n) is 3.57. The lowest BCUT2D eigenvalue weighted by molar-refractivity contribution is -0.132. The minimum absolute atomic E-state index is 0.0189. The van der Waals surface area contributed by atoms with E-state index in [1.165, 1.54) is 20.2 Å². The van der Waals surface area contributed by atoms with Gasteiger partial charge in [-0.1, -0.05) is 39.8 Å². The van der Waals surface area contributed by atoms with Gasteiger partial charge >= 0.3 is 5.97 Å². The Balaban J connectivity index is 2.30. The van der Waals surface area contributed by atoms with Gasteiger partial charge < -0.3 is 14.8 Å². The van der Waals surface area contributed by atoms with E-state index in [1.54, 1.807) is 6.07 Å². The van der Waals surface area contributed by atoms with E-state index in [0.717, 1.165) is 19.3 Å². The standard InChI is InChI=1S/C21H30N2O4/c1-14(24)27-18-16(26-6)8-11-22-17(18)19(25)23-15-12-20(2,3)9-7-10-21(4,5)13-15/h7-9,11,15H,10,12-13H2,1-6H3,(H,23,25). The van der Waals surface area contributed by atoms with Gasteiger partial charge in [0.25, 0.3) is 5.91 Å². The van der Waals surface area contributed by atoms with Crippen LogP contribution in [0.5, 0.6) is 11.5 Å². The molecular weight excluding hydrogens is 344 g/mol. The molecule has 0 aromatic carbocycles. The van der Waals surface area contributed by atoms with Crippen LogP contribution in [0.3, 0.4) is 0 Å². The molecule has 1 unspecified atom stereocenters. The number of hydrogen-bond donors (Lipinski definition) is 1. The molecule has 2 rings (SSSR count). The van der Waals surface area contributed by atoms with Crippen LogP contribution in [0.1, 0.15) is 64.4 Å². The molecular formula is C21H30N2O4. The monoisotopic (exact) mass is 374 g/mol. The number of ether oxygens (including phenoxy) is 2. The Bertz CT molecular complexity index is 738. The number of nitrogens with zero attached hydrogens (tertiary/aromatic N) is 1. The molecule has 1 amide bonds. The molecule has 0 saturated heterocycles. The van der Waals surface area contributed by atoms with Gasteiger partial charge in [0, 0.05) is 25.2 Å². The van der Waals surface area contributed by atoms with E-state index >= 15 is 0 Å². The first kappa shape index (κ1) is 20.9. The number of allylic oxidation sites excluding steroid dienone is 2. The lowest BCUT2D eigenvalue weighted by atomic mass is 9.74. The molecule has 0 saturated carbocycles. The third kappa shape index (κ3) is 5.81. The molecule has 1 aliphatic carbocycles. The molecule has 1 N–H and O–H groups in total. The third-order valence-corrected chi connectivity index (χ3v) is 4.70. The third-order valence-electron chi connectivity index (χ3n) is 4.70. The average Bonchev–Trinajstić information content (AvgIpc) is 2.51. The molecule has 27 heavy (non-hydrogen) atoms. The second-order valence-electron chi connectivity index (χ2n) is 8.62. The summed E-state index contributed by atoms with van der Waals surface area (Å²) >= 11 is 0. The van der Waals surface area contributed by atoms with Crippen molar-refractivity contribution in [3.63, 3.8) is 0 Å². The molecule has 0 bridgehead atoms. The van der Waals surface area contributed by atoms with Crippen molar-refractivity contribution in [2.75, 3.05) is 7.11 Å². The summed E-state index contributed by atoms with van der Waals surface area (Å²) in [6.45, 7) is 10.00. The largest absolute Gasteiger partial charge is 0.493 e. The van der Waals surface area contributed by atoms with Gasteiger partial charge in [0.2, 0.25) is 5.75 Å². The van der Waals surface area contributed by atoms with E-state index in [0.29, 0.717) is 5.75 Å². The molecule has 1 heterocycles. The Kier molecular flexibility index (Phi) is 6.29. The number of rotatable bonds is 4. The maximum Gasteiger partial charge on any atom is 0.308 e. The van der Waals surface area contributed by atoms with Crippen LogP contribution in [0, 0.1) is 10.8 Å². The average molecular weight is 374 g/mol. The zero-order chi connectivity index (χ0) is 20.2. The van der Waals surface area contributed by atoms with Gasteiger partial charge in [-0.3, -0.25) is 9.59 Å². The van der Waals surface area contributed by atoms with Crippen molar-refractivity contribution in [2.45, 2.75) is 59.9 Å². The molecule has 0 aliphatic heterocycles. The van der Waals surface area contributed by atoms with Gasteiger partial charge in [-0.15, -0.1) is 0 Å². The Labute approximate surface area is 161 Å². The Morgan fingerprint density at radius 3 is 2.56 bits per heavy atom. The minimum Gasteiger partial charge on any atom is -0.493 e. The molecule has 6 heteroatoms. The van der Waals surface area contributed by atoms with E-state index in [4.69, 9.17) is 9.47 Å².